The monoisotopic (exact) mass is 346 g/mol. The molecule has 0 radical (unpaired) electrons. The van der Waals surface area contributed by atoms with Gasteiger partial charge >= 0.3 is 5.97 Å². The van der Waals surface area contributed by atoms with E-state index >= 15 is 0 Å². The van der Waals surface area contributed by atoms with Crippen LogP contribution in [0.15, 0.2) is 54.6 Å². The van der Waals surface area contributed by atoms with E-state index < -0.39 is 5.97 Å². The highest BCUT2D eigenvalue weighted by Gasteiger charge is 2.19. The van der Waals surface area contributed by atoms with Crippen molar-refractivity contribution in [2.45, 2.75) is 0 Å². The highest BCUT2D eigenvalue weighted by atomic mass is 16.5. The van der Waals surface area contributed by atoms with E-state index in [-0.39, 0.29) is 0 Å². The second-order valence-electron chi connectivity index (χ2n) is 6.05. The van der Waals surface area contributed by atoms with Gasteiger partial charge in [-0.15, -0.1) is 0 Å². The van der Waals surface area contributed by atoms with Gasteiger partial charge in [0, 0.05) is 28.9 Å². The lowest BCUT2D eigenvalue weighted by Gasteiger charge is -2.09. The van der Waals surface area contributed by atoms with E-state index in [0.717, 1.165) is 38.8 Å². The van der Waals surface area contributed by atoms with Crippen LogP contribution in [-0.2, 0) is 11.8 Å². The SMILES string of the molecule is COC(=O)c1cc2c3ccccc3n(C)c2c(-c2ccc(OC)cc2)n1. The lowest BCUT2D eigenvalue weighted by molar-refractivity contribution is 0.0594. The van der Waals surface area contributed by atoms with Gasteiger partial charge in [-0.05, 0) is 36.4 Å². The number of aromatic nitrogens is 2. The molecule has 2 aromatic heterocycles. The largest absolute Gasteiger partial charge is 0.497 e. The van der Waals surface area contributed by atoms with Crippen LogP contribution in [0.2, 0.25) is 0 Å². The summed E-state index contributed by atoms with van der Waals surface area (Å²) in [7, 11) is 5.01. The Morgan fingerprint density at radius 2 is 1.73 bits per heavy atom. The Balaban J connectivity index is 2.10. The Kier molecular flexibility index (Phi) is 3.84. The third-order valence-corrected chi connectivity index (χ3v) is 4.64. The molecule has 0 unspecified atom stereocenters. The number of nitrogens with zero attached hydrogens (tertiary/aromatic N) is 2. The van der Waals surface area contributed by atoms with Gasteiger partial charge in [-0.2, -0.15) is 0 Å². The molecule has 0 saturated carbocycles. The van der Waals surface area contributed by atoms with Crippen molar-refractivity contribution in [1.82, 2.24) is 9.55 Å². The zero-order valence-corrected chi connectivity index (χ0v) is 14.8. The summed E-state index contributed by atoms with van der Waals surface area (Å²) in [5.74, 6) is 0.320. The summed E-state index contributed by atoms with van der Waals surface area (Å²) in [6, 6.07) is 17.6. The van der Waals surface area contributed by atoms with E-state index in [1.54, 1.807) is 13.2 Å². The standard InChI is InChI=1S/C21H18N2O3/c1-23-18-7-5-4-6-15(18)16-12-17(21(24)26-3)22-19(20(16)23)13-8-10-14(25-2)11-9-13/h4-12H,1-3H3. The molecule has 0 fully saturated rings. The first-order valence-electron chi connectivity index (χ1n) is 8.25. The minimum atomic E-state index is -0.449. The molecule has 2 heterocycles. The lowest BCUT2D eigenvalue weighted by Crippen LogP contribution is -2.06. The van der Waals surface area contributed by atoms with E-state index in [4.69, 9.17) is 9.47 Å². The van der Waals surface area contributed by atoms with Crippen LogP contribution in [0.3, 0.4) is 0 Å². The van der Waals surface area contributed by atoms with Crippen LogP contribution >= 0.6 is 0 Å². The maximum Gasteiger partial charge on any atom is 0.356 e. The van der Waals surface area contributed by atoms with Crippen molar-refractivity contribution in [1.29, 1.82) is 0 Å². The number of aryl methyl sites for hydroxylation is 1. The number of hydrogen-bond donors (Lipinski definition) is 0. The summed E-state index contributed by atoms with van der Waals surface area (Å²) in [6.45, 7) is 0. The summed E-state index contributed by atoms with van der Waals surface area (Å²) < 4.78 is 12.3. The van der Waals surface area contributed by atoms with Crippen LogP contribution in [0.1, 0.15) is 10.5 Å². The fourth-order valence-electron chi connectivity index (χ4n) is 3.36. The van der Waals surface area contributed by atoms with Gasteiger partial charge in [-0.1, -0.05) is 18.2 Å². The first-order valence-corrected chi connectivity index (χ1v) is 8.25. The number of para-hydroxylation sites is 1. The Hall–Kier alpha value is -3.34. The minimum Gasteiger partial charge on any atom is -0.497 e. The van der Waals surface area contributed by atoms with Gasteiger partial charge in [0.05, 0.1) is 25.4 Å². The quantitative estimate of drug-likeness (QED) is 0.522. The van der Waals surface area contributed by atoms with Crippen LogP contribution < -0.4 is 4.74 Å². The average Bonchev–Trinajstić information content (AvgIpc) is 2.99. The number of hydrogen-bond acceptors (Lipinski definition) is 4. The predicted molar refractivity (Wildman–Crippen MR) is 102 cm³/mol. The van der Waals surface area contributed by atoms with E-state index in [1.807, 2.05) is 43.4 Å². The highest BCUT2D eigenvalue weighted by molar-refractivity contribution is 6.13. The summed E-state index contributed by atoms with van der Waals surface area (Å²) in [5.41, 5.74) is 4.00. The molecular formula is C21H18N2O3. The number of benzene rings is 2. The van der Waals surface area contributed by atoms with Crippen molar-refractivity contribution in [3.05, 3.63) is 60.3 Å². The van der Waals surface area contributed by atoms with Crippen molar-refractivity contribution in [2.24, 2.45) is 7.05 Å². The molecule has 0 aliphatic carbocycles. The predicted octanol–water partition coefficient (Wildman–Crippen LogP) is 4.19. The summed E-state index contributed by atoms with van der Waals surface area (Å²) >= 11 is 0. The maximum atomic E-state index is 12.2. The molecule has 2 aromatic carbocycles. The van der Waals surface area contributed by atoms with Gasteiger partial charge in [-0.25, -0.2) is 9.78 Å². The van der Waals surface area contributed by atoms with Crippen molar-refractivity contribution in [2.75, 3.05) is 14.2 Å². The Labute approximate surface area is 150 Å². The van der Waals surface area contributed by atoms with Gasteiger partial charge in [0.15, 0.2) is 0 Å². The molecule has 130 valence electrons. The normalized spacial score (nSPS) is 11.0. The smallest absolute Gasteiger partial charge is 0.356 e. The fraction of sp³-hybridized carbons (Fsp3) is 0.143. The van der Waals surface area contributed by atoms with Gasteiger partial charge in [0.25, 0.3) is 0 Å². The van der Waals surface area contributed by atoms with Crippen LogP contribution in [-0.4, -0.2) is 29.7 Å². The third kappa shape index (κ3) is 2.40. The molecule has 0 bridgehead atoms. The van der Waals surface area contributed by atoms with Gasteiger partial charge in [0.2, 0.25) is 0 Å². The Bertz CT molecular complexity index is 1130. The molecule has 0 spiro atoms. The molecule has 5 nitrogen and oxygen atoms in total. The van der Waals surface area contributed by atoms with Crippen molar-refractivity contribution < 1.29 is 14.3 Å². The molecule has 0 atom stereocenters. The number of ether oxygens (including phenoxy) is 2. The first kappa shape index (κ1) is 16.1. The summed E-state index contributed by atoms with van der Waals surface area (Å²) in [6.07, 6.45) is 0. The van der Waals surface area contributed by atoms with Crippen molar-refractivity contribution >= 4 is 27.8 Å². The summed E-state index contributed by atoms with van der Waals surface area (Å²) in [5, 5.41) is 2.05. The molecule has 4 aromatic rings. The zero-order valence-electron chi connectivity index (χ0n) is 14.8. The van der Waals surface area contributed by atoms with Crippen molar-refractivity contribution in [3.8, 4) is 17.0 Å². The van der Waals surface area contributed by atoms with Crippen LogP contribution in [0.4, 0.5) is 0 Å². The van der Waals surface area contributed by atoms with Gasteiger partial charge in [-0.3, -0.25) is 0 Å². The third-order valence-electron chi connectivity index (χ3n) is 4.64. The van der Waals surface area contributed by atoms with Crippen LogP contribution in [0.5, 0.6) is 5.75 Å². The zero-order chi connectivity index (χ0) is 18.3. The molecule has 26 heavy (non-hydrogen) atoms. The number of pyridine rings is 1. The molecule has 0 amide bonds. The molecule has 4 rings (SSSR count). The Morgan fingerprint density at radius 3 is 2.42 bits per heavy atom. The highest BCUT2D eigenvalue weighted by Crippen LogP contribution is 2.35. The van der Waals surface area contributed by atoms with E-state index in [1.165, 1.54) is 7.11 Å². The van der Waals surface area contributed by atoms with E-state index in [2.05, 4.69) is 21.7 Å². The average molecular weight is 346 g/mol. The number of carbonyl (C=O) groups is 1. The second-order valence-corrected chi connectivity index (χ2v) is 6.05. The molecule has 5 heteroatoms. The minimum absolute atomic E-state index is 0.294. The Morgan fingerprint density at radius 1 is 1.00 bits per heavy atom. The molecule has 0 aliphatic rings. The number of fused-ring (bicyclic) bond motifs is 3. The first-order chi connectivity index (χ1) is 12.6. The van der Waals surface area contributed by atoms with E-state index in [0.29, 0.717) is 5.69 Å². The second kappa shape index (κ2) is 6.19. The van der Waals surface area contributed by atoms with Crippen LogP contribution in [0, 0.1) is 0 Å². The van der Waals surface area contributed by atoms with Gasteiger partial charge in [0.1, 0.15) is 11.4 Å². The molecular weight excluding hydrogens is 328 g/mol. The van der Waals surface area contributed by atoms with Crippen LogP contribution in [0.25, 0.3) is 33.1 Å². The molecule has 0 N–H and O–H groups in total. The lowest BCUT2D eigenvalue weighted by atomic mass is 10.1. The summed E-state index contributed by atoms with van der Waals surface area (Å²) in [4.78, 5) is 16.8. The number of rotatable bonds is 3. The maximum absolute atomic E-state index is 12.2. The topological polar surface area (TPSA) is 53.4 Å². The number of esters is 1. The molecule has 0 saturated heterocycles. The van der Waals surface area contributed by atoms with E-state index in [9.17, 15) is 4.79 Å². The number of carbonyl (C=O) groups excluding carboxylic acids is 1. The number of methoxy groups -OCH3 is 2. The molecule has 0 aliphatic heterocycles. The van der Waals surface area contributed by atoms with Crippen molar-refractivity contribution in [3.63, 3.8) is 0 Å². The van der Waals surface area contributed by atoms with Gasteiger partial charge < -0.3 is 14.0 Å². The fourth-order valence-corrected chi connectivity index (χ4v) is 3.36.